The van der Waals surface area contributed by atoms with E-state index >= 15 is 0 Å². The summed E-state index contributed by atoms with van der Waals surface area (Å²) in [6.07, 6.45) is 0.793. The molecule has 0 saturated carbocycles. The highest BCUT2D eigenvalue weighted by Gasteiger charge is 2.36. The molecule has 0 fully saturated rings. The van der Waals surface area contributed by atoms with E-state index in [4.69, 9.17) is 11.6 Å². The van der Waals surface area contributed by atoms with Gasteiger partial charge in [0, 0.05) is 11.6 Å². The van der Waals surface area contributed by atoms with E-state index in [1.807, 2.05) is 14.0 Å². The highest BCUT2D eigenvalue weighted by molar-refractivity contribution is 6.52. The average Bonchev–Trinajstić information content (AvgIpc) is 2.60. The van der Waals surface area contributed by atoms with Crippen LogP contribution < -0.4 is 10.2 Å². The molecule has 0 atom stereocenters. The molecule has 5 heteroatoms. The Kier molecular flexibility index (Phi) is 3.68. The van der Waals surface area contributed by atoms with E-state index in [-0.39, 0.29) is 0 Å². The third-order valence-electron chi connectivity index (χ3n) is 3.13. The van der Waals surface area contributed by atoms with Crippen LogP contribution in [0.2, 0.25) is 5.02 Å². The minimum absolute atomic E-state index is 0.436. The fraction of sp³-hybridized carbons (Fsp3) is 0.385. The first-order chi connectivity index (χ1) is 8.57. The quantitative estimate of drug-likeness (QED) is 0.668. The van der Waals surface area contributed by atoms with Crippen LogP contribution in [0.4, 0.5) is 5.69 Å². The molecule has 0 unspecified atom stereocenters. The van der Waals surface area contributed by atoms with Crippen molar-refractivity contribution in [1.82, 2.24) is 5.32 Å². The zero-order valence-electron chi connectivity index (χ0n) is 10.4. The molecule has 1 heterocycles. The molecule has 0 bridgehead atoms. The lowest BCUT2D eigenvalue weighted by molar-refractivity contribution is -0.114. The van der Waals surface area contributed by atoms with Crippen molar-refractivity contribution in [3.63, 3.8) is 0 Å². The number of Topliss-reactive ketones (excluding diaryl/α,β-unsaturated/α-hetero) is 1. The van der Waals surface area contributed by atoms with Crippen LogP contribution in [0.15, 0.2) is 12.1 Å². The maximum atomic E-state index is 11.9. The zero-order valence-corrected chi connectivity index (χ0v) is 11.2. The second kappa shape index (κ2) is 5.08. The van der Waals surface area contributed by atoms with E-state index in [9.17, 15) is 9.59 Å². The predicted octanol–water partition coefficient (Wildman–Crippen LogP) is 1.79. The monoisotopic (exact) mass is 266 g/mol. The van der Waals surface area contributed by atoms with Crippen LogP contribution in [-0.2, 0) is 4.79 Å². The number of fused-ring (bicyclic) bond motifs is 1. The van der Waals surface area contributed by atoms with E-state index in [2.05, 4.69) is 5.32 Å². The van der Waals surface area contributed by atoms with Gasteiger partial charge in [-0.2, -0.15) is 0 Å². The van der Waals surface area contributed by atoms with Gasteiger partial charge in [0.1, 0.15) is 0 Å². The Labute approximate surface area is 111 Å². The third-order valence-corrected chi connectivity index (χ3v) is 3.54. The number of rotatable bonds is 4. The van der Waals surface area contributed by atoms with E-state index in [0.29, 0.717) is 22.8 Å². The van der Waals surface area contributed by atoms with Gasteiger partial charge < -0.3 is 10.2 Å². The van der Waals surface area contributed by atoms with Crippen LogP contribution in [0.3, 0.4) is 0 Å². The van der Waals surface area contributed by atoms with Gasteiger partial charge in [0.2, 0.25) is 0 Å². The van der Waals surface area contributed by atoms with E-state index in [1.165, 1.54) is 4.90 Å². The van der Waals surface area contributed by atoms with Crippen molar-refractivity contribution in [3.8, 4) is 0 Å². The molecule has 1 aliphatic heterocycles. The summed E-state index contributed by atoms with van der Waals surface area (Å²) in [5, 5.41) is 3.60. The normalized spacial score (nSPS) is 14.3. The minimum Gasteiger partial charge on any atom is -0.320 e. The Morgan fingerprint density at radius 2 is 2.06 bits per heavy atom. The van der Waals surface area contributed by atoms with Crippen LogP contribution >= 0.6 is 11.6 Å². The van der Waals surface area contributed by atoms with Crippen LogP contribution in [0.5, 0.6) is 0 Å². The summed E-state index contributed by atoms with van der Waals surface area (Å²) >= 11 is 6.05. The predicted molar refractivity (Wildman–Crippen MR) is 71.4 cm³/mol. The van der Waals surface area contributed by atoms with Crippen molar-refractivity contribution >= 4 is 29.0 Å². The first-order valence-electron chi connectivity index (χ1n) is 5.87. The number of ketones is 1. The molecule has 1 amide bonds. The Hall–Kier alpha value is -1.39. The van der Waals surface area contributed by atoms with Crippen molar-refractivity contribution < 1.29 is 9.59 Å². The number of halogens is 1. The van der Waals surface area contributed by atoms with Gasteiger partial charge in [-0.05, 0) is 44.6 Å². The number of carbonyl (C=O) groups excluding carboxylic acids is 2. The molecular formula is C13H15ClN2O2. The fourth-order valence-corrected chi connectivity index (χ4v) is 2.33. The molecule has 1 aliphatic rings. The molecule has 1 aromatic carbocycles. The van der Waals surface area contributed by atoms with Crippen molar-refractivity contribution in [2.75, 3.05) is 25.0 Å². The Morgan fingerprint density at radius 1 is 1.33 bits per heavy atom. The second-order valence-electron chi connectivity index (χ2n) is 4.31. The van der Waals surface area contributed by atoms with Crippen LogP contribution in [0.1, 0.15) is 22.3 Å². The molecule has 0 saturated heterocycles. The van der Waals surface area contributed by atoms with Gasteiger partial charge in [0.15, 0.2) is 0 Å². The molecule has 1 aromatic rings. The van der Waals surface area contributed by atoms with Crippen LogP contribution in [0.25, 0.3) is 0 Å². The molecule has 0 aliphatic carbocycles. The SMILES string of the molecule is CNCCCN1C(=O)C(=O)c2ccc(Cl)c(C)c21. The molecular weight excluding hydrogens is 252 g/mol. The first-order valence-corrected chi connectivity index (χ1v) is 6.25. The average molecular weight is 267 g/mol. The summed E-state index contributed by atoms with van der Waals surface area (Å²) in [6, 6.07) is 3.29. The van der Waals surface area contributed by atoms with Gasteiger partial charge in [-0.1, -0.05) is 11.6 Å². The fourth-order valence-electron chi connectivity index (χ4n) is 2.17. The molecule has 18 heavy (non-hydrogen) atoms. The molecule has 0 radical (unpaired) electrons. The van der Waals surface area contributed by atoms with Gasteiger partial charge in [0.05, 0.1) is 11.3 Å². The third kappa shape index (κ3) is 2.02. The number of hydrogen-bond acceptors (Lipinski definition) is 3. The van der Waals surface area contributed by atoms with Crippen molar-refractivity contribution in [2.45, 2.75) is 13.3 Å². The van der Waals surface area contributed by atoms with Crippen molar-refractivity contribution in [3.05, 3.63) is 28.3 Å². The van der Waals surface area contributed by atoms with E-state index < -0.39 is 11.7 Å². The van der Waals surface area contributed by atoms with Crippen molar-refractivity contribution in [1.29, 1.82) is 0 Å². The lowest BCUT2D eigenvalue weighted by atomic mass is 10.1. The summed E-state index contributed by atoms with van der Waals surface area (Å²) in [5.74, 6) is -0.888. The zero-order chi connectivity index (χ0) is 13.3. The topological polar surface area (TPSA) is 49.4 Å². The lowest BCUT2D eigenvalue weighted by Gasteiger charge is -2.18. The Bertz CT molecular complexity index is 514. The summed E-state index contributed by atoms with van der Waals surface area (Å²) < 4.78 is 0. The van der Waals surface area contributed by atoms with Gasteiger partial charge in [0.25, 0.3) is 11.7 Å². The van der Waals surface area contributed by atoms with E-state index in [1.54, 1.807) is 12.1 Å². The van der Waals surface area contributed by atoms with Crippen molar-refractivity contribution in [2.24, 2.45) is 0 Å². The Balaban J connectivity index is 2.37. The molecule has 1 N–H and O–H groups in total. The minimum atomic E-state index is -0.452. The largest absolute Gasteiger partial charge is 0.320 e. The summed E-state index contributed by atoms with van der Waals surface area (Å²) in [6.45, 7) is 3.16. The highest BCUT2D eigenvalue weighted by Crippen LogP contribution is 2.36. The molecule has 4 nitrogen and oxygen atoms in total. The molecule has 0 spiro atoms. The summed E-state index contributed by atoms with van der Waals surface area (Å²) in [5.41, 5.74) is 1.93. The summed E-state index contributed by atoms with van der Waals surface area (Å²) in [4.78, 5) is 25.3. The number of amides is 1. The summed E-state index contributed by atoms with van der Waals surface area (Å²) in [7, 11) is 1.85. The second-order valence-corrected chi connectivity index (χ2v) is 4.72. The highest BCUT2D eigenvalue weighted by atomic mass is 35.5. The van der Waals surface area contributed by atoms with Gasteiger partial charge in [-0.15, -0.1) is 0 Å². The smallest absolute Gasteiger partial charge is 0.299 e. The van der Waals surface area contributed by atoms with Crippen LogP contribution in [-0.4, -0.2) is 31.8 Å². The number of anilines is 1. The van der Waals surface area contributed by atoms with Crippen LogP contribution in [0, 0.1) is 6.92 Å². The number of hydrogen-bond donors (Lipinski definition) is 1. The number of carbonyl (C=O) groups is 2. The standard InChI is InChI=1S/C13H15ClN2O2/c1-8-10(14)5-4-9-11(8)16(7-3-6-15-2)13(18)12(9)17/h4-5,15H,3,6-7H2,1-2H3. The number of nitrogens with one attached hydrogen (secondary N) is 1. The lowest BCUT2D eigenvalue weighted by Crippen LogP contribution is -2.32. The first kappa shape index (κ1) is 13.1. The molecule has 96 valence electrons. The van der Waals surface area contributed by atoms with Gasteiger partial charge in [-0.3, -0.25) is 9.59 Å². The maximum absolute atomic E-state index is 11.9. The maximum Gasteiger partial charge on any atom is 0.299 e. The Morgan fingerprint density at radius 3 is 2.72 bits per heavy atom. The van der Waals surface area contributed by atoms with E-state index in [0.717, 1.165) is 18.5 Å². The number of nitrogens with zero attached hydrogens (tertiary/aromatic N) is 1. The van der Waals surface area contributed by atoms with Gasteiger partial charge in [-0.25, -0.2) is 0 Å². The molecule has 0 aromatic heterocycles. The number of benzene rings is 1. The molecule has 2 rings (SSSR count). The van der Waals surface area contributed by atoms with Gasteiger partial charge >= 0.3 is 0 Å².